The van der Waals surface area contributed by atoms with Crippen LogP contribution in [0.2, 0.25) is 5.02 Å². The largest absolute Gasteiger partial charge is 0.468 e. The molecule has 0 radical (unpaired) electrons. The summed E-state index contributed by atoms with van der Waals surface area (Å²) in [6, 6.07) is 11.3. The molecule has 1 N–H and O–H groups in total. The number of ether oxygens (including phenoxy) is 1. The van der Waals surface area contributed by atoms with E-state index in [1.165, 1.54) is 25.0 Å². The molecule has 1 heterocycles. The second-order valence-corrected chi connectivity index (χ2v) is 9.14. The van der Waals surface area contributed by atoms with Gasteiger partial charge in [-0.05, 0) is 42.5 Å². The summed E-state index contributed by atoms with van der Waals surface area (Å²) in [4.78, 5) is 25.4. The molecule has 0 unspecified atom stereocenters. The zero-order valence-electron chi connectivity index (χ0n) is 16.7. The quantitative estimate of drug-likeness (QED) is 0.655. The minimum absolute atomic E-state index is 0.0401. The third-order valence-corrected chi connectivity index (χ3v) is 6.98. The number of amides is 1. The first-order chi connectivity index (χ1) is 14.2. The van der Waals surface area contributed by atoms with Crippen LogP contribution in [0.25, 0.3) is 0 Å². The van der Waals surface area contributed by atoms with Crippen molar-refractivity contribution >= 4 is 39.2 Å². The van der Waals surface area contributed by atoms with Crippen LogP contribution in [0.15, 0.2) is 47.4 Å². The standard InChI is InChI=1S/C21H23ClN2O5S/c1-14(25)24-11-10-16-12-17(22)20(13-19(16)24)30(27,28)23-18(21(26)29-2)9-8-15-6-4-3-5-7-15/h3-7,12-13,18,23H,8-11H2,1-2H3/t18-/m0/s1. The van der Waals surface area contributed by atoms with E-state index in [4.69, 9.17) is 16.3 Å². The number of hydrogen-bond acceptors (Lipinski definition) is 5. The number of hydrogen-bond donors (Lipinski definition) is 1. The summed E-state index contributed by atoms with van der Waals surface area (Å²) in [7, 11) is -2.93. The molecule has 0 saturated heterocycles. The summed E-state index contributed by atoms with van der Waals surface area (Å²) in [5.74, 6) is -0.861. The van der Waals surface area contributed by atoms with Crippen molar-refractivity contribution in [2.45, 2.75) is 37.1 Å². The van der Waals surface area contributed by atoms with Gasteiger partial charge in [-0.2, -0.15) is 4.72 Å². The fraction of sp³-hybridized carbons (Fsp3) is 0.333. The number of rotatable bonds is 7. The van der Waals surface area contributed by atoms with Gasteiger partial charge in [-0.1, -0.05) is 41.9 Å². The first-order valence-corrected chi connectivity index (χ1v) is 11.3. The molecule has 30 heavy (non-hydrogen) atoms. The van der Waals surface area contributed by atoms with E-state index in [2.05, 4.69) is 4.72 Å². The number of esters is 1. The lowest BCUT2D eigenvalue weighted by molar-refractivity contribution is -0.142. The first-order valence-electron chi connectivity index (χ1n) is 9.47. The molecule has 3 rings (SSSR count). The highest BCUT2D eigenvalue weighted by molar-refractivity contribution is 7.89. The molecule has 9 heteroatoms. The molecular formula is C21H23ClN2O5S. The highest BCUT2D eigenvalue weighted by Gasteiger charge is 2.31. The first kappa shape index (κ1) is 22.3. The van der Waals surface area contributed by atoms with Crippen LogP contribution in [-0.4, -0.2) is 40.0 Å². The Morgan fingerprint density at radius 2 is 1.93 bits per heavy atom. The van der Waals surface area contributed by atoms with Crippen LogP contribution in [0.4, 0.5) is 5.69 Å². The molecule has 0 fully saturated rings. The summed E-state index contributed by atoms with van der Waals surface area (Å²) in [5, 5.41) is 0.0401. The smallest absolute Gasteiger partial charge is 0.323 e. The maximum absolute atomic E-state index is 13.1. The van der Waals surface area contributed by atoms with E-state index in [-0.39, 0.29) is 22.2 Å². The maximum Gasteiger partial charge on any atom is 0.323 e. The van der Waals surface area contributed by atoms with Crippen LogP contribution in [0.3, 0.4) is 0 Å². The molecule has 1 amide bonds. The van der Waals surface area contributed by atoms with Crippen molar-refractivity contribution in [1.82, 2.24) is 4.72 Å². The van der Waals surface area contributed by atoms with Crippen molar-refractivity contribution in [2.24, 2.45) is 0 Å². The summed E-state index contributed by atoms with van der Waals surface area (Å²) in [5.41, 5.74) is 2.30. The van der Waals surface area contributed by atoms with E-state index in [1.54, 1.807) is 6.07 Å². The summed E-state index contributed by atoms with van der Waals surface area (Å²) in [6.45, 7) is 1.90. The lowest BCUT2D eigenvalue weighted by atomic mass is 10.1. The van der Waals surface area contributed by atoms with E-state index in [0.29, 0.717) is 25.1 Å². The molecule has 1 aliphatic heterocycles. The van der Waals surface area contributed by atoms with E-state index >= 15 is 0 Å². The highest BCUT2D eigenvalue weighted by atomic mass is 35.5. The third-order valence-electron chi connectivity index (χ3n) is 5.05. The van der Waals surface area contributed by atoms with Crippen molar-refractivity contribution in [3.05, 3.63) is 58.6 Å². The van der Waals surface area contributed by atoms with Crippen molar-refractivity contribution < 1.29 is 22.7 Å². The van der Waals surface area contributed by atoms with E-state index < -0.39 is 22.0 Å². The Bertz CT molecular complexity index is 1060. The number of anilines is 1. The number of halogens is 1. The molecule has 0 aromatic heterocycles. The van der Waals surface area contributed by atoms with Crippen LogP contribution < -0.4 is 9.62 Å². The van der Waals surface area contributed by atoms with Crippen LogP contribution in [0.5, 0.6) is 0 Å². The molecule has 0 spiro atoms. The molecule has 2 aromatic rings. The molecule has 1 aliphatic rings. The van der Waals surface area contributed by atoms with Gasteiger partial charge in [0.25, 0.3) is 0 Å². The second-order valence-electron chi connectivity index (χ2n) is 7.05. The zero-order valence-corrected chi connectivity index (χ0v) is 18.3. The molecule has 2 aromatic carbocycles. The van der Waals surface area contributed by atoms with Crippen LogP contribution in [0, 0.1) is 0 Å². The number of sulfonamides is 1. The average molecular weight is 451 g/mol. The number of fused-ring (bicyclic) bond motifs is 1. The van der Waals surface area contributed by atoms with Crippen LogP contribution >= 0.6 is 11.6 Å². The van der Waals surface area contributed by atoms with Gasteiger partial charge in [0.2, 0.25) is 15.9 Å². The van der Waals surface area contributed by atoms with Crippen molar-refractivity contribution in [3.63, 3.8) is 0 Å². The summed E-state index contributed by atoms with van der Waals surface area (Å²) >= 11 is 6.25. The predicted octanol–water partition coefficient (Wildman–Crippen LogP) is 2.70. The van der Waals surface area contributed by atoms with Gasteiger partial charge in [0.15, 0.2) is 0 Å². The van der Waals surface area contributed by atoms with Crippen LogP contribution in [0.1, 0.15) is 24.5 Å². The fourth-order valence-electron chi connectivity index (χ4n) is 3.49. The monoisotopic (exact) mass is 450 g/mol. The summed E-state index contributed by atoms with van der Waals surface area (Å²) < 4.78 is 33.3. The van der Waals surface area contributed by atoms with Gasteiger partial charge in [-0.25, -0.2) is 8.42 Å². The topological polar surface area (TPSA) is 92.8 Å². The lowest BCUT2D eigenvalue weighted by Gasteiger charge is -2.19. The molecule has 0 saturated carbocycles. The minimum Gasteiger partial charge on any atom is -0.468 e. The highest BCUT2D eigenvalue weighted by Crippen LogP contribution is 2.35. The van der Waals surface area contributed by atoms with Crippen molar-refractivity contribution in [1.29, 1.82) is 0 Å². The molecule has 160 valence electrons. The number of methoxy groups -OCH3 is 1. The lowest BCUT2D eigenvalue weighted by Crippen LogP contribution is -2.42. The Hall–Kier alpha value is -2.42. The Kier molecular flexibility index (Phi) is 6.80. The second kappa shape index (κ2) is 9.16. The Morgan fingerprint density at radius 1 is 1.23 bits per heavy atom. The van der Waals surface area contributed by atoms with Gasteiger partial charge in [0.05, 0.1) is 12.1 Å². The molecular weight excluding hydrogens is 428 g/mol. The number of nitrogens with zero attached hydrogens (tertiary/aromatic N) is 1. The molecule has 0 aliphatic carbocycles. The molecule has 1 atom stereocenters. The predicted molar refractivity (Wildman–Crippen MR) is 114 cm³/mol. The van der Waals surface area contributed by atoms with Gasteiger partial charge in [-0.15, -0.1) is 0 Å². The zero-order chi connectivity index (χ0) is 21.9. The average Bonchev–Trinajstić information content (AvgIpc) is 3.13. The minimum atomic E-state index is -4.14. The van der Waals surface area contributed by atoms with Gasteiger partial charge in [0.1, 0.15) is 10.9 Å². The molecule has 7 nitrogen and oxygen atoms in total. The van der Waals surface area contributed by atoms with Gasteiger partial charge >= 0.3 is 5.97 Å². The normalized spacial score (nSPS) is 14.3. The van der Waals surface area contributed by atoms with E-state index in [9.17, 15) is 18.0 Å². The fourth-order valence-corrected chi connectivity index (χ4v) is 5.28. The van der Waals surface area contributed by atoms with Gasteiger partial charge in [-0.3, -0.25) is 9.59 Å². The Labute approximate surface area is 181 Å². The van der Waals surface area contributed by atoms with E-state index in [1.807, 2.05) is 30.3 Å². The Balaban J connectivity index is 1.86. The number of carbonyl (C=O) groups is 2. The number of benzene rings is 2. The van der Waals surface area contributed by atoms with Crippen LogP contribution in [-0.2, 0) is 37.2 Å². The maximum atomic E-state index is 13.1. The SMILES string of the molecule is COC(=O)[C@H](CCc1ccccc1)NS(=O)(=O)c1cc2c(cc1Cl)CCN2C(C)=O. The third kappa shape index (κ3) is 4.83. The van der Waals surface area contributed by atoms with Crippen molar-refractivity contribution in [3.8, 4) is 0 Å². The van der Waals surface area contributed by atoms with Gasteiger partial charge in [0, 0.05) is 19.2 Å². The summed E-state index contributed by atoms with van der Waals surface area (Å²) in [6.07, 6.45) is 1.31. The number of carbonyl (C=O) groups excluding carboxylic acids is 2. The number of nitrogens with one attached hydrogen (secondary N) is 1. The van der Waals surface area contributed by atoms with Crippen molar-refractivity contribution in [2.75, 3.05) is 18.6 Å². The van der Waals surface area contributed by atoms with Gasteiger partial charge < -0.3 is 9.64 Å². The molecule has 0 bridgehead atoms. The Morgan fingerprint density at radius 3 is 2.57 bits per heavy atom. The van der Waals surface area contributed by atoms with E-state index in [0.717, 1.165) is 11.1 Å². The number of aryl methyl sites for hydroxylation is 1.